The van der Waals surface area contributed by atoms with Gasteiger partial charge in [0.2, 0.25) is 0 Å². The summed E-state index contributed by atoms with van der Waals surface area (Å²) in [6.45, 7) is 1.98. The van der Waals surface area contributed by atoms with E-state index in [1.54, 1.807) is 19.3 Å². The number of pyridine rings is 1. The maximum atomic E-state index is 14.2. The van der Waals surface area contributed by atoms with E-state index in [1.807, 2.05) is 19.1 Å². The zero-order valence-corrected chi connectivity index (χ0v) is 16.8. The summed E-state index contributed by atoms with van der Waals surface area (Å²) in [5.41, 5.74) is 7.52. The smallest absolute Gasteiger partial charge is 0.274 e. The number of hydrogen-bond acceptors (Lipinski definition) is 3. The van der Waals surface area contributed by atoms with Crippen molar-refractivity contribution in [2.75, 3.05) is 0 Å². The topological polar surface area (TPSA) is 90.1 Å². The van der Waals surface area contributed by atoms with Crippen LogP contribution in [0.4, 0.5) is 8.78 Å². The zero-order chi connectivity index (χ0) is 22.3. The summed E-state index contributed by atoms with van der Waals surface area (Å²) in [4.78, 5) is 27.0. The fourth-order valence-corrected chi connectivity index (χ4v) is 3.45. The highest BCUT2D eigenvalue weighted by Gasteiger charge is 2.19. The van der Waals surface area contributed by atoms with Crippen LogP contribution in [0.25, 0.3) is 22.0 Å². The number of amides is 1. The molecule has 0 saturated heterocycles. The molecule has 8 heteroatoms. The lowest BCUT2D eigenvalue weighted by molar-refractivity contribution is 0.0996. The third kappa shape index (κ3) is 3.68. The van der Waals surface area contributed by atoms with Gasteiger partial charge < -0.3 is 20.0 Å². The van der Waals surface area contributed by atoms with Gasteiger partial charge in [-0.2, -0.15) is 0 Å². The molecule has 0 aliphatic carbocycles. The largest absolute Gasteiger partial charge is 0.454 e. The van der Waals surface area contributed by atoms with Gasteiger partial charge in [0.1, 0.15) is 22.8 Å². The van der Waals surface area contributed by atoms with Gasteiger partial charge in [0, 0.05) is 35.8 Å². The second-order valence-corrected chi connectivity index (χ2v) is 7.16. The average molecular weight is 423 g/mol. The molecule has 2 aromatic carbocycles. The van der Waals surface area contributed by atoms with Crippen LogP contribution in [0.15, 0.2) is 53.5 Å². The number of nitrogens with one attached hydrogen (secondary N) is 1. The number of ether oxygens (including phenoxy) is 1. The lowest BCUT2D eigenvalue weighted by Crippen LogP contribution is -2.17. The van der Waals surface area contributed by atoms with Crippen molar-refractivity contribution >= 4 is 16.8 Å². The number of primary amides is 1. The van der Waals surface area contributed by atoms with E-state index in [1.165, 1.54) is 16.7 Å². The summed E-state index contributed by atoms with van der Waals surface area (Å²) >= 11 is 0. The summed E-state index contributed by atoms with van der Waals surface area (Å²) in [7, 11) is 1.58. The van der Waals surface area contributed by atoms with E-state index in [2.05, 4.69) is 4.98 Å². The van der Waals surface area contributed by atoms with Crippen LogP contribution in [0.1, 0.15) is 23.0 Å². The number of rotatable bonds is 5. The number of fused-ring (bicyclic) bond motifs is 1. The van der Waals surface area contributed by atoms with Gasteiger partial charge in [0.25, 0.3) is 11.5 Å². The van der Waals surface area contributed by atoms with Gasteiger partial charge in [-0.05, 0) is 42.3 Å². The summed E-state index contributed by atoms with van der Waals surface area (Å²) in [6, 6.07) is 9.96. The molecule has 0 fully saturated rings. The first kappa shape index (κ1) is 20.3. The number of H-pyrrole nitrogens is 1. The molecule has 0 unspecified atom stereocenters. The van der Waals surface area contributed by atoms with Crippen molar-refractivity contribution in [2.24, 2.45) is 12.8 Å². The number of benzene rings is 2. The molecule has 4 rings (SSSR count). The molecule has 6 nitrogen and oxygen atoms in total. The minimum atomic E-state index is -0.839. The second-order valence-electron chi connectivity index (χ2n) is 7.16. The van der Waals surface area contributed by atoms with Gasteiger partial charge >= 0.3 is 0 Å². The monoisotopic (exact) mass is 423 g/mol. The highest BCUT2D eigenvalue weighted by Crippen LogP contribution is 2.38. The molecular weight excluding hydrogens is 404 g/mol. The minimum Gasteiger partial charge on any atom is -0.454 e. The molecule has 0 aliphatic heterocycles. The third-order valence-corrected chi connectivity index (χ3v) is 5.09. The SMILES string of the molecule is CCc1ccc(Oc2ccc(F)cc2F)c(-c2cn(C)c(=O)c3[nH]c(C(N)=O)cc23)c1. The summed E-state index contributed by atoms with van der Waals surface area (Å²) in [6.07, 6.45) is 2.35. The highest BCUT2D eigenvalue weighted by molar-refractivity contribution is 6.02. The van der Waals surface area contributed by atoms with Crippen LogP contribution in [0, 0.1) is 11.6 Å². The molecule has 1 amide bonds. The fourth-order valence-electron chi connectivity index (χ4n) is 3.45. The Morgan fingerprint density at radius 3 is 2.52 bits per heavy atom. The number of aryl methyl sites for hydroxylation is 2. The van der Waals surface area contributed by atoms with E-state index in [9.17, 15) is 18.4 Å². The lowest BCUT2D eigenvalue weighted by Gasteiger charge is -2.15. The van der Waals surface area contributed by atoms with Gasteiger partial charge in [0.15, 0.2) is 11.6 Å². The van der Waals surface area contributed by atoms with Crippen LogP contribution >= 0.6 is 0 Å². The first-order valence-corrected chi connectivity index (χ1v) is 9.56. The van der Waals surface area contributed by atoms with E-state index < -0.39 is 17.5 Å². The summed E-state index contributed by atoms with van der Waals surface area (Å²) < 4.78 is 34.7. The average Bonchev–Trinajstić information content (AvgIpc) is 3.19. The standard InChI is InChI=1S/C23H19F2N3O3/c1-3-12-4-6-19(31-20-7-5-13(24)9-17(20)25)14(8-12)16-11-28(2)23(30)21-15(16)10-18(27-21)22(26)29/h4-11,27H,3H2,1-2H3,(H2,26,29). The normalized spacial score (nSPS) is 11.1. The van der Waals surface area contributed by atoms with Crippen LogP contribution in [0.2, 0.25) is 0 Å². The van der Waals surface area contributed by atoms with Gasteiger partial charge in [-0.25, -0.2) is 8.78 Å². The van der Waals surface area contributed by atoms with Crippen LogP contribution in [0.5, 0.6) is 11.5 Å². The first-order valence-electron chi connectivity index (χ1n) is 9.56. The lowest BCUT2D eigenvalue weighted by atomic mass is 9.99. The van der Waals surface area contributed by atoms with Gasteiger partial charge in [-0.3, -0.25) is 9.59 Å². The van der Waals surface area contributed by atoms with Crippen LogP contribution in [-0.4, -0.2) is 15.5 Å². The van der Waals surface area contributed by atoms with Crippen molar-refractivity contribution in [1.29, 1.82) is 0 Å². The van der Waals surface area contributed by atoms with Crippen LogP contribution in [-0.2, 0) is 13.5 Å². The van der Waals surface area contributed by atoms with E-state index in [-0.39, 0.29) is 22.5 Å². The molecule has 31 heavy (non-hydrogen) atoms. The number of nitrogens with two attached hydrogens (primary N) is 1. The second kappa shape index (κ2) is 7.71. The molecule has 158 valence electrons. The molecule has 0 radical (unpaired) electrons. The Labute approximate surface area is 175 Å². The number of hydrogen-bond donors (Lipinski definition) is 2. The first-order chi connectivity index (χ1) is 14.8. The van der Waals surface area contributed by atoms with Crippen molar-refractivity contribution in [3.8, 4) is 22.6 Å². The summed E-state index contributed by atoms with van der Waals surface area (Å²) in [5, 5.41) is 0.481. The number of nitrogens with zero attached hydrogens (tertiary/aromatic N) is 1. The Hall–Kier alpha value is -3.94. The minimum absolute atomic E-state index is 0.0956. The maximum Gasteiger partial charge on any atom is 0.274 e. The molecule has 2 heterocycles. The molecular formula is C23H19F2N3O3. The Bertz CT molecular complexity index is 1390. The zero-order valence-electron chi connectivity index (χ0n) is 16.8. The Balaban J connectivity index is 1.97. The van der Waals surface area contributed by atoms with E-state index in [4.69, 9.17) is 10.5 Å². The molecule has 0 atom stereocenters. The third-order valence-electron chi connectivity index (χ3n) is 5.09. The van der Waals surface area contributed by atoms with E-state index in [0.717, 1.165) is 24.1 Å². The van der Waals surface area contributed by atoms with Crippen LogP contribution < -0.4 is 16.0 Å². The number of aromatic amines is 1. The Morgan fingerprint density at radius 2 is 1.84 bits per heavy atom. The van der Waals surface area contributed by atoms with E-state index in [0.29, 0.717) is 22.3 Å². The van der Waals surface area contributed by atoms with Gasteiger partial charge in [-0.15, -0.1) is 0 Å². The molecule has 2 aromatic heterocycles. The predicted molar refractivity (Wildman–Crippen MR) is 113 cm³/mol. The molecule has 0 saturated carbocycles. The molecule has 3 N–H and O–H groups in total. The number of carbonyl (C=O) groups excluding carboxylic acids is 1. The molecule has 0 spiro atoms. The quantitative estimate of drug-likeness (QED) is 0.502. The number of carbonyl (C=O) groups is 1. The van der Waals surface area contributed by atoms with Crippen molar-refractivity contribution in [3.05, 3.63) is 81.9 Å². The Morgan fingerprint density at radius 1 is 1.10 bits per heavy atom. The van der Waals surface area contributed by atoms with Crippen molar-refractivity contribution in [3.63, 3.8) is 0 Å². The Kier molecular flexibility index (Phi) is 5.06. The van der Waals surface area contributed by atoms with E-state index >= 15 is 0 Å². The van der Waals surface area contributed by atoms with Gasteiger partial charge in [0.05, 0.1) is 0 Å². The van der Waals surface area contributed by atoms with Crippen LogP contribution in [0.3, 0.4) is 0 Å². The molecule has 0 bridgehead atoms. The molecule has 0 aliphatic rings. The van der Waals surface area contributed by atoms with Gasteiger partial charge in [-0.1, -0.05) is 13.0 Å². The van der Waals surface area contributed by atoms with Crippen molar-refractivity contribution in [1.82, 2.24) is 9.55 Å². The fraction of sp³-hybridized carbons (Fsp3) is 0.130. The predicted octanol–water partition coefficient (Wildman–Crippen LogP) is 4.27. The molecule has 4 aromatic rings. The number of halogens is 2. The van der Waals surface area contributed by atoms with Crippen molar-refractivity contribution < 1.29 is 18.3 Å². The highest BCUT2D eigenvalue weighted by atomic mass is 19.1. The summed E-state index contributed by atoms with van der Waals surface area (Å²) in [5.74, 6) is -2.08. The van der Waals surface area contributed by atoms with Crippen molar-refractivity contribution in [2.45, 2.75) is 13.3 Å². The maximum absolute atomic E-state index is 14.2. The number of aromatic nitrogens is 2.